The minimum absolute atomic E-state index is 0. The maximum absolute atomic E-state index is 5.94. The van der Waals surface area contributed by atoms with Crippen LogP contribution in [-0.4, -0.2) is 38.0 Å². The van der Waals surface area contributed by atoms with Gasteiger partial charge in [0.15, 0.2) is 5.96 Å². The van der Waals surface area contributed by atoms with Crippen LogP contribution in [0.25, 0.3) is 0 Å². The minimum atomic E-state index is 0. The minimum Gasteiger partial charge on any atom is -0.356 e. The second-order valence-electron chi connectivity index (χ2n) is 4.68. The number of aliphatic imine (C=N–C) groups is 1. The molecule has 1 N–H and O–H groups in total. The topological polar surface area (TPSA) is 27.6 Å². The molecule has 2 aromatic heterocycles. The SMILES string of the molecule is CN=C(NCCc1ccc(Cl)s1)N(C)CCc1cccs1.I. The molecule has 3 nitrogen and oxygen atoms in total. The van der Waals surface area contributed by atoms with E-state index in [0.717, 1.165) is 36.2 Å². The van der Waals surface area contributed by atoms with Crippen molar-refractivity contribution in [1.82, 2.24) is 10.2 Å². The Morgan fingerprint density at radius 2 is 2.09 bits per heavy atom. The summed E-state index contributed by atoms with van der Waals surface area (Å²) in [7, 11) is 3.90. The van der Waals surface area contributed by atoms with Crippen LogP contribution in [0.2, 0.25) is 4.34 Å². The lowest BCUT2D eigenvalue weighted by molar-refractivity contribution is 0.487. The van der Waals surface area contributed by atoms with Gasteiger partial charge in [0.1, 0.15) is 0 Å². The van der Waals surface area contributed by atoms with Gasteiger partial charge in [0, 0.05) is 36.9 Å². The van der Waals surface area contributed by atoms with Crippen LogP contribution in [0.4, 0.5) is 0 Å². The summed E-state index contributed by atoms with van der Waals surface area (Å²) >= 11 is 9.38. The molecule has 0 aliphatic heterocycles. The molecule has 7 heteroatoms. The van der Waals surface area contributed by atoms with E-state index in [9.17, 15) is 0 Å². The molecule has 0 aliphatic rings. The first-order valence-electron chi connectivity index (χ1n) is 6.87. The second kappa shape index (κ2) is 10.5. The van der Waals surface area contributed by atoms with Crippen LogP contribution in [0.5, 0.6) is 0 Å². The normalized spacial score (nSPS) is 11.1. The van der Waals surface area contributed by atoms with Crippen molar-refractivity contribution >= 4 is 64.2 Å². The molecule has 2 rings (SSSR count). The fourth-order valence-corrected chi connectivity index (χ4v) is 3.79. The van der Waals surface area contributed by atoms with Crippen LogP contribution in [0.15, 0.2) is 34.6 Å². The lowest BCUT2D eigenvalue weighted by Gasteiger charge is -2.21. The largest absolute Gasteiger partial charge is 0.356 e. The van der Waals surface area contributed by atoms with Crippen LogP contribution >= 0.6 is 58.3 Å². The summed E-state index contributed by atoms with van der Waals surface area (Å²) in [5.41, 5.74) is 0. The number of nitrogens with zero attached hydrogens (tertiary/aromatic N) is 2. The third-order valence-electron chi connectivity index (χ3n) is 3.13. The molecule has 0 radical (unpaired) electrons. The van der Waals surface area contributed by atoms with Gasteiger partial charge in [-0.05, 0) is 36.4 Å². The van der Waals surface area contributed by atoms with Crippen molar-refractivity contribution in [3.63, 3.8) is 0 Å². The average Bonchev–Trinajstić information content (AvgIpc) is 3.12. The van der Waals surface area contributed by atoms with Crippen molar-refractivity contribution in [3.05, 3.63) is 43.7 Å². The molecule has 2 heterocycles. The summed E-state index contributed by atoms with van der Waals surface area (Å²) in [6.45, 7) is 1.83. The van der Waals surface area contributed by atoms with Gasteiger partial charge in [-0.25, -0.2) is 0 Å². The first-order chi connectivity index (χ1) is 10.2. The van der Waals surface area contributed by atoms with Gasteiger partial charge >= 0.3 is 0 Å². The Morgan fingerprint density at radius 1 is 1.27 bits per heavy atom. The molecule has 0 aliphatic carbocycles. The van der Waals surface area contributed by atoms with Gasteiger partial charge in [0.2, 0.25) is 0 Å². The molecule has 0 unspecified atom stereocenters. The van der Waals surface area contributed by atoms with Crippen molar-refractivity contribution in [1.29, 1.82) is 0 Å². The molecule has 0 saturated carbocycles. The highest BCUT2D eigenvalue weighted by Crippen LogP contribution is 2.21. The number of guanidine groups is 1. The number of thiophene rings is 2. The molecule has 122 valence electrons. The van der Waals surface area contributed by atoms with E-state index in [1.54, 1.807) is 22.7 Å². The van der Waals surface area contributed by atoms with Crippen molar-refractivity contribution in [2.24, 2.45) is 4.99 Å². The van der Waals surface area contributed by atoms with Crippen LogP contribution in [0.3, 0.4) is 0 Å². The van der Waals surface area contributed by atoms with Gasteiger partial charge < -0.3 is 10.2 Å². The van der Waals surface area contributed by atoms with Crippen LogP contribution in [0, 0.1) is 0 Å². The predicted molar refractivity (Wildman–Crippen MR) is 110 cm³/mol. The van der Waals surface area contributed by atoms with E-state index in [1.807, 2.05) is 13.1 Å². The Morgan fingerprint density at radius 3 is 2.68 bits per heavy atom. The molecule has 0 aromatic carbocycles. The van der Waals surface area contributed by atoms with E-state index in [4.69, 9.17) is 11.6 Å². The van der Waals surface area contributed by atoms with Gasteiger partial charge in [0.05, 0.1) is 4.34 Å². The molecule has 0 spiro atoms. The van der Waals surface area contributed by atoms with E-state index in [1.165, 1.54) is 9.75 Å². The third kappa shape index (κ3) is 6.44. The Kier molecular flexibility index (Phi) is 9.39. The lowest BCUT2D eigenvalue weighted by Crippen LogP contribution is -2.40. The van der Waals surface area contributed by atoms with Crippen molar-refractivity contribution in [2.75, 3.05) is 27.2 Å². The third-order valence-corrected chi connectivity index (χ3v) is 5.36. The number of halogens is 2. The zero-order valence-electron chi connectivity index (χ0n) is 12.7. The molecule has 0 atom stereocenters. The molecular formula is C15H21ClIN3S2. The smallest absolute Gasteiger partial charge is 0.193 e. The molecule has 22 heavy (non-hydrogen) atoms. The Hall–Kier alpha value is -0.310. The first-order valence-corrected chi connectivity index (χ1v) is 8.95. The van der Waals surface area contributed by atoms with Gasteiger partial charge in [-0.2, -0.15) is 0 Å². The molecule has 2 aromatic rings. The van der Waals surface area contributed by atoms with Crippen molar-refractivity contribution in [2.45, 2.75) is 12.8 Å². The molecule has 0 fully saturated rings. The number of hydrogen-bond donors (Lipinski definition) is 1. The van der Waals surface area contributed by atoms with Gasteiger partial charge in [0.25, 0.3) is 0 Å². The monoisotopic (exact) mass is 469 g/mol. The summed E-state index contributed by atoms with van der Waals surface area (Å²) < 4.78 is 0.849. The predicted octanol–water partition coefficient (Wildman–Crippen LogP) is 4.37. The van der Waals surface area contributed by atoms with E-state index >= 15 is 0 Å². The van der Waals surface area contributed by atoms with Crippen molar-refractivity contribution in [3.8, 4) is 0 Å². The second-order valence-corrected chi connectivity index (χ2v) is 7.51. The summed E-state index contributed by atoms with van der Waals surface area (Å²) in [4.78, 5) is 9.21. The van der Waals surface area contributed by atoms with Crippen LogP contribution in [-0.2, 0) is 12.8 Å². The van der Waals surface area contributed by atoms with E-state index < -0.39 is 0 Å². The quantitative estimate of drug-likeness (QED) is 0.386. The highest BCUT2D eigenvalue weighted by atomic mass is 127. The zero-order chi connectivity index (χ0) is 15.1. The molecule has 0 bridgehead atoms. The van der Waals surface area contributed by atoms with Crippen molar-refractivity contribution < 1.29 is 0 Å². The standard InChI is InChI=1S/C15H20ClN3S2.HI/c1-17-15(18-9-7-13-5-6-14(16)21-13)19(2)10-8-12-4-3-11-20-12;/h3-6,11H,7-10H2,1-2H3,(H,17,18);1H. The van der Waals surface area contributed by atoms with Gasteiger partial charge in [-0.1, -0.05) is 17.7 Å². The number of rotatable bonds is 6. The summed E-state index contributed by atoms with van der Waals surface area (Å²) in [5.74, 6) is 0.939. The molecule has 0 saturated heterocycles. The van der Waals surface area contributed by atoms with E-state index in [2.05, 4.69) is 45.8 Å². The number of hydrogen-bond acceptors (Lipinski definition) is 3. The molecular weight excluding hydrogens is 449 g/mol. The number of nitrogens with one attached hydrogen (secondary N) is 1. The zero-order valence-corrected chi connectivity index (χ0v) is 17.4. The fraction of sp³-hybridized carbons (Fsp3) is 0.400. The van der Waals surface area contributed by atoms with E-state index in [-0.39, 0.29) is 24.0 Å². The van der Waals surface area contributed by atoms with E-state index in [0.29, 0.717) is 0 Å². The van der Waals surface area contributed by atoms with Crippen LogP contribution in [0.1, 0.15) is 9.75 Å². The van der Waals surface area contributed by atoms with Gasteiger partial charge in [-0.3, -0.25) is 4.99 Å². The maximum Gasteiger partial charge on any atom is 0.193 e. The Balaban J connectivity index is 0.00000242. The highest BCUT2D eigenvalue weighted by Gasteiger charge is 2.06. The first kappa shape index (κ1) is 19.7. The summed E-state index contributed by atoms with van der Waals surface area (Å²) in [6, 6.07) is 8.30. The lowest BCUT2D eigenvalue weighted by atomic mass is 10.3. The number of likely N-dealkylation sites (N-methyl/N-ethyl adjacent to an activating group) is 1. The maximum atomic E-state index is 5.94. The Bertz CT molecular complexity index is 569. The van der Waals surface area contributed by atoms with Crippen LogP contribution < -0.4 is 5.32 Å². The highest BCUT2D eigenvalue weighted by molar-refractivity contribution is 14.0. The van der Waals surface area contributed by atoms with Gasteiger partial charge in [-0.15, -0.1) is 46.7 Å². The summed E-state index contributed by atoms with van der Waals surface area (Å²) in [6.07, 6.45) is 2.02. The fourth-order valence-electron chi connectivity index (χ4n) is 2.01. The Labute approximate surface area is 162 Å². The summed E-state index contributed by atoms with van der Waals surface area (Å²) in [5, 5.41) is 5.52. The molecule has 0 amide bonds. The average molecular weight is 470 g/mol.